The number of nitrogens with zero attached hydrogens (tertiary/aromatic N) is 1. The van der Waals surface area contributed by atoms with E-state index in [9.17, 15) is 9.59 Å². The maximum absolute atomic E-state index is 12.2. The lowest BCUT2D eigenvalue weighted by molar-refractivity contribution is -0.117. The predicted molar refractivity (Wildman–Crippen MR) is 81.3 cm³/mol. The fraction of sp³-hybridized carbons (Fsp3) is 0.133. The quantitative estimate of drug-likeness (QED) is 0.850. The van der Waals surface area contributed by atoms with Crippen molar-refractivity contribution in [2.45, 2.75) is 13.3 Å². The van der Waals surface area contributed by atoms with Gasteiger partial charge in [0.05, 0.1) is 6.42 Å². The number of hydrogen-bond acceptors (Lipinski definition) is 3. The third-order valence-corrected chi connectivity index (χ3v) is 3.01. The van der Waals surface area contributed by atoms with Gasteiger partial charge in [-0.3, -0.25) is 9.59 Å². The van der Waals surface area contributed by atoms with Crippen LogP contribution in [-0.4, -0.2) is 16.8 Å². The molecule has 0 aliphatic heterocycles. The summed E-state index contributed by atoms with van der Waals surface area (Å²) >= 11 is 5.85. The molecule has 1 aromatic heterocycles. The number of para-hydroxylation sites is 1. The summed E-state index contributed by atoms with van der Waals surface area (Å²) < 4.78 is 0. The van der Waals surface area contributed by atoms with Crippen LogP contribution in [0.25, 0.3) is 0 Å². The molecule has 0 radical (unpaired) electrons. The number of hydrogen-bond donors (Lipinski definition) is 2. The minimum atomic E-state index is -0.459. The van der Waals surface area contributed by atoms with Crippen molar-refractivity contribution in [3.05, 3.63) is 58.4 Å². The molecule has 2 amide bonds. The SMILES string of the molecule is Cc1cc(C(=O)Nc2ccccc2CC(N)=O)cc(Cl)n1. The van der Waals surface area contributed by atoms with Crippen LogP contribution >= 0.6 is 11.6 Å². The molecular formula is C15H14ClN3O2. The van der Waals surface area contributed by atoms with E-state index in [1.165, 1.54) is 6.07 Å². The van der Waals surface area contributed by atoms with Gasteiger partial charge in [0.1, 0.15) is 5.15 Å². The van der Waals surface area contributed by atoms with Gasteiger partial charge in [0.15, 0.2) is 0 Å². The van der Waals surface area contributed by atoms with E-state index in [0.717, 1.165) is 0 Å². The van der Waals surface area contributed by atoms with Gasteiger partial charge in [-0.1, -0.05) is 29.8 Å². The van der Waals surface area contributed by atoms with E-state index in [-0.39, 0.29) is 17.5 Å². The van der Waals surface area contributed by atoms with Crippen molar-refractivity contribution in [2.75, 3.05) is 5.32 Å². The number of benzene rings is 1. The Kier molecular flexibility index (Phi) is 4.55. The van der Waals surface area contributed by atoms with Crippen molar-refractivity contribution in [1.29, 1.82) is 0 Å². The zero-order chi connectivity index (χ0) is 15.4. The van der Waals surface area contributed by atoms with Gasteiger partial charge in [-0.05, 0) is 30.7 Å². The average Bonchev–Trinajstić information content (AvgIpc) is 2.39. The van der Waals surface area contributed by atoms with Gasteiger partial charge in [0.2, 0.25) is 5.91 Å². The summed E-state index contributed by atoms with van der Waals surface area (Å²) in [6.45, 7) is 1.75. The monoisotopic (exact) mass is 303 g/mol. The lowest BCUT2D eigenvalue weighted by atomic mass is 10.1. The molecule has 0 aliphatic rings. The molecule has 1 heterocycles. The molecule has 2 rings (SSSR count). The summed E-state index contributed by atoms with van der Waals surface area (Å²) in [7, 11) is 0. The molecule has 0 fully saturated rings. The van der Waals surface area contributed by atoms with Crippen molar-refractivity contribution in [2.24, 2.45) is 5.73 Å². The first-order valence-electron chi connectivity index (χ1n) is 6.27. The summed E-state index contributed by atoms with van der Waals surface area (Å²) in [5.41, 5.74) is 7.46. The first kappa shape index (κ1) is 15.0. The van der Waals surface area contributed by atoms with E-state index < -0.39 is 5.91 Å². The number of aromatic nitrogens is 1. The van der Waals surface area contributed by atoms with Crippen LogP contribution in [0.4, 0.5) is 5.69 Å². The maximum atomic E-state index is 12.2. The molecule has 0 bridgehead atoms. The topological polar surface area (TPSA) is 85.1 Å². The number of nitrogens with two attached hydrogens (primary N) is 1. The number of anilines is 1. The highest BCUT2D eigenvalue weighted by atomic mass is 35.5. The highest BCUT2D eigenvalue weighted by molar-refractivity contribution is 6.29. The largest absolute Gasteiger partial charge is 0.369 e. The lowest BCUT2D eigenvalue weighted by Crippen LogP contribution is -2.17. The molecule has 0 aliphatic carbocycles. The van der Waals surface area contributed by atoms with Crippen LogP contribution in [0, 0.1) is 6.92 Å². The molecule has 6 heteroatoms. The summed E-state index contributed by atoms with van der Waals surface area (Å²) in [6.07, 6.45) is 0.0621. The highest BCUT2D eigenvalue weighted by Crippen LogP contribution is 2.18. The second kappa shape index (κ2) is 6.37. The van der Waals surface area contributed by atoms with Crippen molar-refractivity contribution in [1.82, 2.24) is 4.98 Å². The Morgan fingerprint density at radius 2 is 2.00 bits per heavy atom. The molecule has 3 N–H and O–H groups in total. The number of amides is 2. The third-order valence-electron chi connectivity index (χ3n) is 2.81. The normalized spacial score (nSPS) is 10.2. The van der Waals surface area contributed by atoms with E-state index in [4.69, 9.17) is 17.3 Å². The highest BCUT2D eigenvalue weighted by Gasteiger charge is 2.11. The van der Waals surface area contributed by atoms with Crippen LogP contribution in [-0.2, 0) is 11.2 Å². The van der Waals surface area contributed by atoms with Crippen LogP contribution in [0.3, 0.4) is 0 Å². The molecule has 2 aromatic rings. The van der Waals surface area contributed by atoms with E-state index in [1.807, 2.05) is 0 Å². The lowest BCUT2D eigenvalue weighted by Gasteiger charge is -2.10. The second-order valence-electron chi connectivity index (χ2n) is 4.57. The molecule has 21 heavy (non-hydrogen) atoms. The first-order valence-corrected chi connectivity index (χ1v) is 6.65. The van der Waals surface area contributed by atoms with Gasteiger partial charge in [-0.2, -0.15) is 0 Å². The summed E-state index contributed by atoms with van der Waals surface area (Å²) in [5, 5.41) is 3.01. The Morgan fingerprint density at radius 1 is 1.29 bits per heavy atom. The van der Waals surface area contributed by atoms with Gasteiger partial charge in [-0.15, -0.1) is 0 Å². The zero-order valence-electron chi connectivity index (χ0n) is 11.4. The van der Waals surface area contributed by atoms with Gasteiger partial charge in [-0.25, -0.2) is 4.98 Å². The fourth-order valence-corrected chi connectivity index (χ4v) is 2.19. The molecule has 0 saturated carbocycles. The first-order chi connectivity index (χ1) is 9.95. The number of carbonyl (C=O) groups excluding carboxylic acids is 2. The Bertz CT molecular complexity index is 681. The summed E-state index contributed by atoms with van der Waals surface area (Å²) in [5.74, 6) is -0.779. The van der Waals surface area contributed by atoms with Gasteiger partial charge in [0, 0.05) is 16.9 Å². The van der Waals surface area contributed by atoms with E-state index in [2.05, 4.69) is 10.3 Å². The van der Waals surface area contributed by atoms with Gasteiger partial charge < -0.3 is 11.1 Å². The van der Waals surface area contributed by atoms with Crippen molar-refractivity contribution >= 4 is 29.1 Å². The van der Waals surface area contributed by atoms with Crippen molar-refractivity contribution < 1.29 is 9.59 Å². The number of carbonyl (C=O) groups is 2. The molecule has 0 unspecified atom stereocenters. The fourth-order valence-electron chi connectivity index (χ4n) is 1.94. The van der Waals surface area contributed by atoms with Crippen molar-refractivity contribution in [3.63, 3.8) is 0 Å². The Morgan fingerprint density at radius 3 is 2.67 bits per heavy atom. The number of rotatable bonds is 4. The third kappa shape index (κ3) is 4.03. The van der Waals surface area contributed by atoms with Crippen LogP contribution < -0.4 is 11.1 Å². The predicted octanol–water partition coefficient (Wildman–Crippen LogP) is 2.32. The minimum Gasteiger partial charge on any atom is -0.369 e. The molecule has 0 saturated heterocycles. The van der Waals surface area contributed by atoms with E-state index >= 15 is 0 Å². The molecule has 5 nitrogen and oxygen atoms in total. The van der Waals surface area contributed by atoms with Crippen LogP contribution in [0.15, 0.2) is 36.4 Å². The van der Waals surface area contributed by atoms with Gasteiger partial charge in [0.25, 0.3) is 5.91 Å². The van der Waals surface area contributed by atoms with E-state index in [1.54, 1.807) is 37.3 Å². The molecule has 0 spiro atoms. The molecular weight excluding hydrogens is 290 g/mol. The molecule has 108 valence electrons. The van der Waals surface area contributed by atoms with Crippen LogP contribution in [0.2, 0.25) is 5.15 Å². The number of aryl methyl sites for hydroxylation is 1. The average molecular weight is 304 g/mol. The van der Waals surface area contributed by atoms with Crippen molar-refractivity contribution in [3.8, 4) is 0 Å². The Hall–Kier alpha value is -2.40. The van der Waals surface area contributed by atoms with E-state index in [0.29, 0.717) is 22.5 Å². The molecule has 0 atom stereocenters. The number of primary amides is 1. The Labute approximate surface area is 127 Å². The van der Waals surface area contributed by atoms with Gasteiger partial charge >= 0.3 is 0 Å². The second-order valence-corrected chi connectivity index (χ2v) is 4.96. The van der Waals surface area contributed by atoms with Crippen LogP contribution in [0.5, 0.6) is 0 Å². The minimum absolute atomic E-state index is 0.0621. The standard InChI is InChI=1S/C15H14ClN3O2/c1-9-6-11(7-13(16)18-9)15(21)19-12-5-3-2-4-10(12)8-14(17)20/h2-7H,8H2,1H3,(H2,17,20)(H,19,21). The number of halogens is 1. The smallest absolute Gasteiger partial charge is 0.255 e. The zero-order valence-corrected chi connectivity index (χ0v) is 12.1. The Balaban J connectivity index is 2.25. The number of nitrogens with one attached hydrogen (secondary N) is 1. The molecule has 1 aromatic carbocycles. The van der Waals surface area contributed by atoms with Crippen LogP contribution in [0.1, 0.15) is 21.6 Å². The maximum Gasteiger partial charge on any atom is 0.255 e. The summed E-state index contributed by atoms with van der Waals surface area (Å²) in [4.78, 5) is 27.3. The summed E-state index contributed by atoms with van der Waals surface area (Å²) in [6, 6.07) is 10.1. The number of pyridine rings is 1.